The molecule has 7 rings (SSSR count). The fourth-order valence-electron chi connectivity index (χ4n) is 5.65. The molecule has 5 N–H and O–H groups in total. The molecule has 14 nitrogen and oxygen atoms in total. The van der Waals surface area contributed by atoms with Crippen LogP contribution in [0.1, 0.15) is 47.4 Å². The molecular formula is C27H29N9O5S. The lowest BCUT2D eigenvalue weighted by Crippen LogP contribution is -2.43. The monoisotopic (exact) mass is 591 g/mol. The SMILES string of the molecule is NC(=O)c1c(Cc2cc(-c3coc4c(=O)cc(N5CCOCC5)sc34)on2)nc(N[C@H]2CCCC[C@H]2N)n2cnnc12. The highest BCUT2D eigenvalue weighted by Crippen LogP contribution is 2.36. The van der Waals surface area contributed by atoms with Gasteiger partial charge >= 0.3 is 0 Å². The first-order chi connectivity index (χ1) is 20.5. The Morgan fingerprint density at radius 1 is 1.19 bits per heavy atom. The highest BCUT2D eigenvalue weighted by Gasteiger charge is 2.27. The summed E-state index contributed by atoms with van der Waals surface area (Å²) in [6.07, 6.45) is 7.11. The topological polar surface area (TPSA) is 193 Å². The minimum atomic E-state index is -0.679. The number of rotatable bonds is 7. The van der Waals surface area contributed by atoms with Crippen LogP contribution in [0.25, 0.3) is 27.3 Å². The quantitative estimate of drug-likeness (QED) is 0.250. The van der Waals surface area contributed by atoms with Gasteiger partial charge in [0.05, 0.1) is 39.9 Å². The van der Waals surface area contributed by atoms with E-state index in [0.29, 0.717) is 65.3 Å². The second kappa shape index (κ2) is 10.8. The molecule has 5 aromatic heterocycles. The third-order valence-electron chi connectivity index (χ3n) is 7.84. The summed E-state index contributed by atoms with van der Waals surface area (Å²) in [6.45, 7) is 2.62. The zero-order chi connectivity index (χ0) is 28.8. The Balaban J connectivity index is 1.23. The highest BCUT2D eigenvalue weighted by molar-refractivity contribution is 7.22. The summed E-state index contributed by atoms with van der Waals surface area (Å²) >= 11 is 1.46. The molecule has 2 fully saturated rings. The normalized spacial score (nSPS) is 19.5. The number of anilines is 2. The first-order valence-electron chi connectivity index (χ1n) is 13.8. The Hall–Kier alpha value is -4.34. The number of hydrogen-bond acceptors (Lipinski definition) is 13. The second-order valence-corrected chi connectivity index (χ2v) is 11.6. The van der Waals surface area contributed by atoms with E-state index < -0.39 is 5.91 Å². The Morgan fingerprint density at radius 3 is 2.83 bits per heavy atom. The van der Waals surface area contributed by atoms with Gasteiger partial charge in [-0.3, -0.25) is 14.0 Å². The summed E-state index contributed by atoms with van der Waals surface area (Å²) in [5.41, 5.74) is 14.2. The Bertz CT molecular complexity index is 1840. The number of nitrogens with one attached hydrogen (secondary N) is 1. The second-order valence-electron chi connectivity index (χ2n) is 10.6. The zero-order valence-corrected chi connectivity index (χ0v) is 23.4. The van der Waals surface area contributed by atoms with Crippen LogP contribution in [0.15, 0.2) is 38.5 Å². The molecule has 6 heterocycles. The van der Waals surface area contributed by atoms with Gasteiger partial charge in [-0.15, -0.1) is 21.5 Å². The van der Waals surface area contributed by atoms with Crippen molar-refractivity contribution in [3.63, 3.8) is 0 Å². The number of ether oxygens (including phenoxy) is 1. The summed E-state index contributed by atoms with van der Waals surface area (Å²) in [7, 11) is 0. The van der Waals surface area contributed by atoms with Crippen LogP contribution in [0.4, 0.5) is 10.9 Å². The molecule has 1 aliphatic carbocycles. The Kier molecular flexibility index (Phi) is 6.84. The van der Waals surface area contributed by atoms with Crippen molar-refractivity contribution < 1.29 is 18.5 Å². The van der Waals surface area contributed by atoms with Gasteiger partial charge in [0.15, 0.2) is 17.0 Å². The lowest BCUT2D eigenvalue weighted by Gasteiger charge is -2.30. The molecular weight excluding hydrogens is 562 g/mol. The molecule has 1 aliphatic heterocycles. The van der Waals surface area contributed by atoms with E-state index in [1.54, 1.807) is 16.5 Å². The first kappa shape index (κ1) is 26.6. The number of amides is 1. The average molecular weight is 592 g/mol. The number of aromatic nitrogens is 5. The molecule has 42 heavy (non-hydrogen) atoms. The number of furan rings is 1. The minimum Gasteiger partial charge on any atom is -0.459 e. The summed E-state index contributed by atoms with van der Waals surface area (Å²) in [5, 5.41) is 16.7. The molecule has 0 aromatic carbocycles. The van der Waals surface area contributed by atoms with Crippen LogP contribution in [-0.4, -0.2) is 69.0 Å². The van der Waals surface area contributed by atoms with Crippen molar-refractivity contribution in [2.75, 3.05) is 36.5 Å². The van der Waals surface area contributed by atoms with Crippen LogP contribution in [0, 0.1) is 0 Å². The maximum absolute atomic E-state index is 12.8. The number of nitrogens with two attached hydrogens (primary N) is 2. The van der Waals surface area contributed by atoms with E-state index in [-0.39, 0.29) is 35.1 Å². The van der Waals surface area contributed by atoms with Gasteiger partial charge in [-0.25, -0.2) is 4.98 Å². The molecule has 15 heteroatoms. The van der Waals surface area contributed by atoms with Gasteiger partial charge in [-0.05, 0) is 12.8 Å². The largest absolute Gasteiger partial charge is 0.459 e. The highest BCUT2D eigenvalue weighted by atomic mass is 32.1. The van der Waals surface area contributed by atoms with Gasteiger partial charge in [-0.1, -0.05) is 18.0 Å². The number of hydrogen-bond donors (Lipinski definition) is 3. The lowest BCUT2D eigenvalue weighted by molar-refractivity contribution is 0.1000. The lowest BCUT2D eigenvalue weighted by atomic mass is 9.91. The molecule has 1 saturated heterocycles. The van der Waals surface area contributed by atoms with Gasteiger partial charge < -0.3 is 35.4 Å². The average Bonchev–Trinajstić information content (AvgIpc) is 3.75. The smallest absolute Gasteiger partial charge is 0.254 e. The van der Waals surface area contributed by atoms with Crippen molar-refractivity contribution in [2.45, 2.75) is 44.2 Å². The third-order valence-corrected chi connectivity index (χ3v) is 9.03. The first-order valence-corrected chi connectivity index (χ1v) is 14.7. The van der Waals surface area contributed by atoms with Crippen molar-refractivity contribution in [1.29, 1.82) is 0 Å². The van der Waals surface area contributed by atoms with Crippen molar-refractivity contribution in [3.8, 4) is 11.3 Å². The summed E-state index contributed by atoms with van der Waals surface area (Å²) in [4.78, 5) is 32.3. The fraction of sp³-hybridized carbons (Fsp3) is 0.407. The van der Waals surface area contributed by atoms with E-state index in [0.717, 1.165) is 30.7 Å². The van der Waals surface area contributed by atoms with Gasteiger partial charge in [0.2, 0.25) is 11.4 Å². The molecule has 1 amide bonds. The van der Waals surface area contributed by atoms with E-state index in [4.69, 9.17) is 30.1 Å². The van der Waals surface area contributed by atoms with Crippen LogP contribution >= 0.6 is 11.3 Å². The standard InChI is InChI=1S/C27H29N9O5S/c28-16-3-1-2-4-17(16)31-27-32-18(22(25(29)38)26-33-30-13-36(26)27)9-14-10-20(41-34-14)15-12-40-23-19(37)11-21(42-24(15)23)35-5-7-39-8-6-35/h10-13,16-17H,1-9,28H2,(H2,29,38)(H,31,32)/t16-,17+/m1/s1. The van der Waals surface area contributed by atoms with Crippen LogP contribution in [-0.2, 0) is 11.2 Å². The van der Waals surface area contributed by atoms with E-state index in [9.17, 15) is 9.59 Å². The van der Waals surface area contributed by atoms with E-state index in [2.05, 4.69) is 25.6 Å². The summed E-state index contributed by atoms with van der Waals surface area (Å²) < 4.78 is 19.1. The van der Waals surface area contributed by atoms with Gasteiger partial charge in [0.1, 0.15) is 18.2 Å². The molecule has 218 valence electrons. The van der Waals surface area contributed by atoms with Gasteiger partial charge in [-0.2, -0.15) is 0 Å². The Morgan fingerprint density at radius 2 is 2.02 bits per heavy atom. The van der Waals surface area contributed by atoms with Crippen LogP contribution in [0.3, 0.4) is 0 Å². The van der Waals surface area contributed by atoms with Gasteiger partial charge in [0, 0.05) is 43.7 Å². The Labute approximate surface area is 242 Å². The number of fused-ring (bicyclic) bond motifs is 2. The predicted molar refractivity (Wildman–Crippen MR) is 155 cm³/mol. The molecule has 2 atom stereocenters. The molecule has 1 saturated carbocycles. The maximum Gasteiger partial charge on any atom is 0.254 e. The van der Waals surface area contributed by atoms with Crippen LogP contribution in [0.2, 0.25) is 0 Å². The van der Waals surface area contributed by atoms with Gasteiger partial charge in [0.25, 0.3) is 5.91 Å². The van der Waals surface area contributed by atoms with E-state index >= 15 is 0 Å². The van der Waals surface area contributed by atoms with Crippen LogP contribution < -0.4 is 27.1 Å². The van der Waals surface area contributed by atoms with Crippen molar-refractivity contribution >= 4 is 44.1 Å². The maximum atomic E-state index is 12.8. The molecule has 0 bridgehead atoms. The number of nitrogens with zero attached hydrogens (tertiary/aromatic N) is 6. The van der Waals surface area contributed by atoms with Crippen molar-refractivity contribution in [2.24, 2.45) is 11.5 Å². The minimum absolute atomic E-state index is 0.0197. The predicted octanol–water partition coefficient (Wildman–Crippen LogP) is 2.16. The summed E-state index contributed by atoms with van der Waals surface area (Å²) in [6, 6.07) is 3.34. The van der Waals surface area contributed by atoms with E-state index in [1.165, 1.54) is 23.9 Å². The van der Waals surface area contributed by atoms with Crippen molar-refractivity contribution in [1.82, 2.24) is 24.7 Å². The van der Waals surface area contributed by atoms with E-state index in [1.807, 2.05) is 0 Å². The molecule has 0 radical (unpaired) electrons. The number of carbonyl (C=O) groups excluding carboxylic acids is 1. The molecule has 5 aromatic rings. The zero-order valence-electron chi connectivity index (χ0n) is 22.6. The third kappa shape index (κ3) is 4.78. The number of morpholine rings is 1. The molecule has 0 unspecified atom stereocenters. The number of primary amides is 1. The summed E-state index contributed by atoms with van der Waals surface area (Å²) in [5.74, 6) is 0.220. The van der Waals surface area contributed by atoms with Crippen molar-refractivity contribution in [3.05, 3.63) is 51.9 Å². The fourth-order valence-corrected chi connectivity index (χ4v) is 6.83. The molecule has 2 aliphatic rings. The van der Waals surface area contributed by atoms with Crippen LogP contribution in [0.5, 0.6) is 0 Å². The molecule has 0 spiro atoms. The number of carbonyl (C=O) groups is 1.